The van der Waals surface area contributed by atoms with E-state index in [0.717, 1.165) is 21.8 Å². The fourth-order valence-electron chi connectivity index (χ4n) is 4.35. The molecule has 0 saturated carbocycles. The van der Waals surface area contributed by atoms with Gasteiger partial charge in [0.2, 0.25) is 0 Å². The molecular weight excluding hydrogens is 408 g/mol. The van der Waals surface area contributed by atoms with Gasteiger partial charge in [0.15, 0.2) is 0 Å². The minimum Gasteiger partial charge on any atom is -0.353 e. The SMILES string of the molecule is Cc1cnc(N2CCN(C(=O)c3ccc(N4C(=O)N(C)C(=O)C4(C)C)nc3)CC2)c(C)c1. The zero-order chi connectivity index (χ0) is 23.2. The zero-order valence-corrected chi connectivity index (χ0v) is 19.1. The van der Waals surface area contributed by atoms with Crippen LogP contribution in [0, 0.1) is 13.8 Å². The molecule has 32 heavy (non-hydrogen) atoms. The Kier molecular flexibility index (Phi) is 5.36. The third-order valence-corrected chi connectivity index (χ3v) is 6.14. The van der Waals surface area contributed by atoms with Crippen LogP contribution >= 0.6 is 0 Å². The number of carbonyl (C=O) groups is 3. The van der Waals surface area contributed by atoms with E-state index in [0.29, 0.717) is 37.6 Å². The standard InChI is InChI=1S/C23H28N6O3/c1-15-12-16(2)19(25-13-15)27-8-10-28(11-9-27)20(30)17-6-7-18(24-14-17)29-22(32)26(5)21(31)23(29,3)4/h6-7,12-14H,8-11H2,1-5H3. The zero-order valence-electron chi connectivity index (χ0n) is 19.1. The number of amides is 4. The van der Waals surface area contributed by atoms with Crippen LogP contribution in [0.4, 0.5) is 16.4 Å². The van der Waals surface area contributed by atoms with Crippen molar-refractivity contribution in [2.45, 2.75) is 33.2 Å². The quantitative estimate of drug-likeness (QED) is 0.686. The molecular formula is C23H28N6O3. The van der Waals surface area contributed by atoms with E-state index in [1.165, 1.54) is 18.1 Å². The fraction of sp³-hybridized carbons (Fsp3) is 0.435. The van der Waals surface area contributed by atoms with E-state index < -0.39 is 11.6 Å². The number of aryl methyl sites for hydroxylation is 2. The first kappa shape index (κ1) is 21.7. The van der Waals surface area contributed by atoms with Gasteiger partial charge < -0.3 is 9.80 Å². The molecule has 0 atom stereocenters. The second-order valence-corrected chi connectivity index (χ2v) is 8.88. The van der Waals surface area contributed by atoms with Gasteiger partial charge in [-0.2, -0.15) is 0 Å². The van der Waals surface area contributed by atoms with Gasteiger partial charge in [-0.25, -0.2) is 14.8 Å². The van der Waals surface area contributed by atoms with Crippen LogP contribution in [0.15, 0.2) is 30.6 Å². The maximum absolute atomic E-state index is 13.0. The smallest absolute Gasteiger partial charge is 0.333 e. The van der Waals surface area contributed by atoms with Gasteiger partial charge in [0.25, 0.3) is 11.8 Å². The van der Waals surface area contributed by atoms with Crippen LogP contribution in [0.2, 0.25) is 0 Å². The van der Waals surface area contributed by atoms with E-state index in [-0.39, 0.29) is 11.8 Å². The Bertz CT molecular complexity index is 1070. The lowest BCUT2D eigenvalue weighted by Gasteiger charge is -2.36. The average molecular weight is 437 g/mol. The number of hydrogen-bond donors (Lipinski definition) is 0. The lowest BCUT2D eigenvalue weighted by Crippen LogP contribution is -2.49. The van der Waals surface area contributed by atoms with Crippen LogP contribution in [0.1, 0.15) is 35.3 Å². The van der Waals surface area contributed by atoms with Gasteiger partial charge in [0, 0.05) is 45.6 Å². The number of likely N-dealkylation sites (N-methyl/N-ethyl adjacent to an activating group) is 1. The molecule has 2 aliphatic heterocycles. The van der Waals surface area contributed by atoms with E-state index in [2.05, 4.69) is 27.9 Å². The minimum atomic E-state index is -1.02. The summed E-state index contributed by atoms with van der Waals surface area (Å²) in [4.78, 5) is 53.2. The number of pyridine rings is 2. The van der Waals surface area contributed by atoms with Gasteiger partial charge in [-0.05, 0) is 51.0 Å². The highest BCUT2D eigenvalue weighted by atomic mass is 16.2. The van der Waals surface area contributed by atoms with Crippen molar-refractivity contribution in [2.75, 3.05) is 43.0 Å². The lowest BCUT2D eigenvalue weighted by atomic mass is 10.0. The van der Waals surface area contributed by atoms with Crippen molar-refractivity contribution in [2.24, 2.45) is 0 Å². The molecule has 9 nitrogen and oxygen atoms in total. The number of rotatable bonds is 3. The lowest BCUT2D eigenvalue weighted by molar-refractivity contribution is -0.128. The molecule has 0 radical (unpaired) electrons. The number of aromatic nitrogens is 2. The number of anilines is 2. The number of piperazine rings is 1. The summed E-state index contributed by atoms with van der Waals surface area (Å²) in [6.45, 7) is 10.0. The second-order valence-electron chi connectivity index (χ2n) is 8.88. The topological polar surface area (TPSA) is 90.0 Å². The molecule has 4 amide bonds. The Morgan fingerprint density at radius 1 is 1.00 bits per heavy atom. The average Bonchev–Trinajstić information content (AvgIpc) is 2.92. The highest BCUT2D eigenvalue weighted by molar-refractivity contribution is 6.15. The first-order valence-electron chi connectivity index (χ1n) is 10.7. The molecule has 2 saturated heterocycles. The third kappa shape index (κ3) is 3.57. The van der Waals surface area contributed by atoms with Crippen LogP contribution in [0.3, 0.4) is 0 Å². The molecule has 0 N–H and O–H groups in total. The molecule has 2 aliphatic rings. The summed E-state index contributed by atoms with van der Waals surface area (Å²) in [6, 6.07) is 4.97. The van der Waals surface area contributed by atoms with Crippen molar-refractivity contribution in [1.29, 1.82) is 0 Å². The van der Waals surface area contributed by atoms with Gasteiger partial charge in [-0.15, -0.1) is 0 Å². The highest BCUT2D eigenvalue weighted by Crippen LogP contribution is 2.31. The summed E-state index contributed by atoms with van der Waals surface area (Å²) >= 11 is 0. The van der Waals surface area contributed by atoms with Crippen LogP contribution in [0.25, 0.3) is 0 Å². The van der Waals surface area contributed by atoms with Gasteiger partial charge in [0.05, 0.1) is 5.56 Å². The van der Waals surface area contributed by atoms with Gasteiger partial charge in [0.1, 0.15) is 17.2 Å². The summed E-state index contributed by atoms with van der Waals surface area (Å²) in [5.74, 6) is 0.921. The van der Waals surface area contributed by atoms with E-state index in [1.807, 2.05) is 13.1 Å². The second kappa shape index (κ2) is 7.89. The van der Waals surface area contributed by atoms with E-state index in [9.17, 15) is 14.4 Å². The minimum absolute atomic E-state index is 0.0995. The highest BCUT2D eigenvalue weighted by Gasteiger charge is 2.51. The Morgan fingerprint density at radius 2 is 1.69 bits per heavy atom. The fourth-order valence-corrected chi connectivity index (χ4v) is 4.35. The molecule has 0 spiro atoms. The van der Waals surface area contributed by atoms with Crippen molar-refractivity contribution < 1.29 is 14.4 Å². The molecule has 4 rings (SSSR count). The van der Waals surface area contributed by atoms with Crippen molar-refractivity contribution in [3.05, 3.63) is 47.3 Å². The first-order valence-corrected chi connectivity index (χ1v) is 10.7. The first-order chi connectivity index (χ1) is 15.1. The monoisotopic (exact) mass is 436 g/mol. The third-order valence-electron chi connectivity index (χ3n) is 6.14. The largest absolute Gasteiger partial charge is 0.353 e. The van der Waals surface area contributed by atoms with Crippen LogP contribution in [-0.4, -0.2) is 76.4 Å². The van der Waals surface area contributed by atoms with E-state index in [1.54, 1.807) is 30.9 Å². The molecule has 0 bridgehead atoms. The number of hydrogen-bond acceptors (Lipinski definition) is 6. The number of urea groups is 1. The normalized spacial score (nSPS) is 18.5. The van der Waals surface area contributed by atoms with E-state index in [4.69, 9.17) is 0 Å². The summed E-state index contributed by atoms with van der Waals surface area (Å²) in [5, 5.41) is 0. The molecule has 0 aliphatic carbocycles. The van der Waals surface area contributed by atoms with Crippen LogP contribution in [0.5, 0.6) is 0 Å². The van der Waals surface area contributed by atoms with Crippen LogP contribution in [-0.2, 0) is 4.79 Å². The Morgan fingerprint density at radius 3 is 2.22 bits per heavy atom. The molecule has 168 valence electrons. The predicted molar refractivity (Wildman–Crippen MR) is 121 cm³/mol. The van der Waals surface area contributed by atoms with Crippen LogP contribution < -0.4 is 9.80 Å². The maximum Gasteiger partial charge on any atom is 0.333 e. The van der Waals surface area contributed by atoms with Crippen molar-refractivity contribution in [3.8, 4) is 0 Å². The Balaban J connectivity index is 1.44. The number of imide groups is 1. The van der Waals surface area contributed by atoms with Crippen molar-refractivity contribution in [1.82, 2.24) is 19.8 Å². The Hall–Kier alpha value is -3.49. The number of carbonyl (C=O) groups excluding carboxylic acids is 3. The van der Waals surface area contributed by atoms with Gasteiger partial charge in [-0.1, -0.05) is 6.07 Å². The summed E-state index contributed by atoms with van der Waals surface area (Å²) in [7, 11) is 1.46. The van der Waals surface area contributed by atoms with Gasteiger partial charge >= 0.3 is 6.03 Å². The molecule has 0 unspecified atom stereocenters. The van der Waals surface area contributed by atoms with E-state index >= 15 is 0 Å². The van der Waals surface area contributed by atoms with Gasteiger partial charge in [-0.3, -0.25) is 19.4 Å². The van der Waals surface area contributed by atoms with Crippen molar-refractivity contribution in [3.63, 3.8) is 0 Å². The molecule has 0 aromatic carbocycles. The van der Waals surface area contributed by atoms with Crippen molar-refractivity contribution >= 4 is 29.5 Å². The molecule has 2 aromatic heterocycles. The summed E-state index contributed by atoms with van der Waals surface area (Å²) in [6.07, 6.45) is 3.34. The summed E-state index contributed by atoms with van der Waals surface area (Å²) < 4.78 is 0. The molecule has 2 aromatic rings. The molecule has 9 heteroatoms. The number of nitrogens with zero attached hydrogens (tertiary/aromatic N) is 6. The maximum atomic E-state index is 13.0. The Labute approximate surface area is 187 Å². The molecule has 2 fully saturated rings. The molecule has 4 heterocycles. The summed E-state index contributed by atoms with van der Waals surface area (Å²) in [5.41, 5.74) is 1.69. The predicted octanol–water partition coefficient (Wildman–Crippen LogP) is 2.23.